The van der Waals surface area contributed by atoms with Crippen molar-refractivity contribution in [2.75, 3.05) is 6.54 Å². The van der Waals surface area contributed by atoms with Crippen LogP contribution >= 0.6 is 0 Å². The van der Waals surface area contributed by atoms with Gasteiger partial charge in [-0.05, 0) is 48.6 Å². The average molecular weight is 373 g/mol. The number of aliphatic hydroxyl groups is 2. The summed E-state index contributed by atoms with van der Waals surface area (Å²) in [4.78, 5) is 10.7. The van der Waals surface area contributed by atoms with Gasteiger partial charge in [-0.2, -0.15) is 0 Å². The summed E-state index contributed by atoms with van der Waals surface area (Å²) in [7, 11) is 0. The Labute approximate surface area is 159 Å². The molecule has 0 aliphatic heterocycles. The number of aliphatic carboxylic acids is 1. The van der Waals surface area contributed by atoms with Gasteiger partial charge in [0.2, 0.25) is 0 Å². The molecule has 0 radical (unpaired) electrons. The van der Waals surface area contributed by atoms with Crippen LogP contribution in [0.15, 0.2) is 42.5 Å². The second kappa shape index (κ2) is 10.1. The molecule has 0 amide bonds. The third-order valence-electron chi connectivity index (χ3n) is 4.48. The maximum Gasteiger partial charge on any atom is 0.303 e. The van der Waals surface area contributed by atoms with E-state index in [-0.39, 0.29) is 24.8 Å². The molecule has 6 heteroatoms. The SMILES string of the molecule is C[C@H](Cc1cccc(CCC(=O)O)c1)NC[C@@H](O)c1ccc(O)c(CO)c1. The minimum atomic E-state index is -0.803. The summed E-state index contributed by atoms with van der Waals surface area (Å²) < 4.78 is 0. The van der Waals surface area contributed by atoms with Crippen LogP contribution in [-0.4, -0.2) is 39.0 Å². The number of rotatable bonds is 10. The first kappa shape index (κ1) is 20.9. The van der Waals surface area contributed by atoms with Gasteiger partial charge in [-0.25, -0.2) is 0 Å². The molecule has 0 saturated heterocycles. The van der Waals surface area contributed by atoms with Gasteiger partial charge in [0.15, 0.2) is 0 Å². The quantitative estimate of drug-likeness (QED) is 0.437. The molecule has 0 unspecified atom stereocenters. The maximum atomic E-state index is 10.7. The molecule has 5 N–H and O–H groups in total. The first-order valence-corrected chi connectivity index (χ1v) is 9.02. The molecule has 0 aliphatic rings. The lowest BCUT2D eigenvalue weighted by molar-refractivity contribution is -0.136. The molecular weight excluding hydrogens is 346 g/mol. The summed E-state index contributed by atoms with van der Waals surface area (Å²) in [5.41, 5.74) is 3.13. The van der Waals surface area contributed by atoms with E-state index < -0.39 is 12.1 Å². The van der Waals surface area contributed by atoms with E-state index in [0.29, 0.717) is 24.1 Å². The van der Waals surface area contributed by atoms with Gasteiger partial charge >= 0.3 is 5.97 Å². The number of aromatic hydroxyl groups is 1. The monoisotopic (exact) mass is 373 g/mol. The van der Waals surface area contributed by atoms with Crippen LogP contribution in [0.4, 0.5) is 0 Å². The molecule has 0 fully saturated rings. The molecule has 6 nitrogen and oxygen atoms in total. The largest absolute Gasteiger partial charge is 0.508 e. The number of hydrogen-bond donors (Lipinski definition) is 5. The van der Waals surface area contributed by atoms with Crippen molar-refractivity contribution in [1.82, 2.24) is 5.32 Å². The van der Waals surface area contributed by atoms with Crippen LogP contribution < -0.4 is 5.32 Å². The second-order valence-electron chi connectivity index (χ2n) is 6.79. The van der Waals surface area contributed by atoms with Crippen molar-refractivity contribution in [3.05, 3.63) is 64.7 Å². The molecule has 0 aromatic heterocycles. The lowest BCUT2D eigenvalue weighted by Gasteiger charge is -2.18. The highest BCUT2D eigenvalue weighted by molar-refractivity contribution is 5.67. The summed E-state index contributed by atoms with van der Waals surface area (Å²) in [6.45, 7) is 2.08. The van der Waals surface area contributed by atoms with E-state index in [0.717, 1.165) is 17.5 Å². The molecule has 0 bridgehead atoms. The number of carbonyl (C=O) groups is 1. The molecule has 0 aliphatic carbocycles. The van der Waals surface area contributed by atoms with Crippen LogP contribution in [0.25, 0.3) is 0 Å². The summed E-state index contributed by atoms with van der Waals surface area (Å²) in [5, 5.41) is 41.2. The average Bonchev–Trinajstić information content (AvgIpc) is 2.65. The van der Waals surface area contributed by atoms with Crippen LogP contribution in [0, 0.1) is 0 Å². The van der Waals surface area contributed by atoms with Crippen molar-refractivity contribution in [3.8, 4) is 5.75 Å². The van der Waals surface area contributed by atoms with E-state index in [1.54, 1.807) is 12.1 Å². The van der Waals surface area contributed by atoms with Crippen LogP contribution in [0.2, 0.25) is 0 Å². The Kier molecular flexibility index (Phi) is 7.79. The van der Waals surface area contributed by atoms with Crippen molar-refractivity contribution in [2.24, 2.45) is 0 Å². The number of hydrogen-bond acceptors (Lipinski definition) is 5. The normalized spacial score (nSPS) is 13.3. The van der Waals surface area contributed by atoms with Crippen molar-refractivity contribution in [1.29, 1.82) is 0 Å². The van der Waals surface area contributed by atoms with E-state index >= 15 is 0 Å². The topological polar surface area (TPSA) is 110 Å². The van der Waals surface area contributed by atoms with E-state index in [1.807, 2.05) is 31.2 Å². The number of benzene rings is 2. The lowest BCUT2D eigenvalue weighted by atomic mass is 10.0. The number of carboxylic acid groups (broad SMARTS) is 1. The molecule has 2 aromatic rings. The van der Waals surface area contributed by atoms with E-state index in [4.69, 9.17) is 5.11 Å². The van der Waals surface area contributed by atoms with E-state index in [9.17, 15) is 20.1 Å². The number of phenols is 1. The molecule has 0 saturated carbocycles. The highest BCUT2D eigenvalue weighted by Crippen LogP contribution is 2.22. The Hall–Kier alpha value is -2.41. The molecule has 0 spiro atoms. The Morgan fingerprint density at radius 3 is 2.59 bits per heavy atom. The zero-order valence-electron chi connectivity index (χ0n) is 15.4. The van der Waals surface area contributed by atoms with Gasteiger partial charge in [-0.3, -0.25) is 4.79 Å². The van der Waals surface area contributed by atoms with Gasteiger partial charge in [0.1, 0.15) is 5.75 Å². The Balaban J connectivity index is 1.87. The Bertz CT molecular complexity index is 762. The first-order valence-electron chi connectivity index (χ1n) is 9.02. The predicted octanol–water partition coefficient (Wildman–Crippen LogP) is 2.16. The van der Waals surface area contributed by atoms with Crippen LogP contribution in [0.1, 0.15) is 41.7 Å². The van der Waals surface area contributed by atoms with Gasteiger partial charge < -0.3 is 25.7 Å². The lowest BCUT2D eigenvalue weighted by Crippen LogP contribution is -2.32. The Morgan fingerprint density at radius 2 is 1.89 bits per heavy atom. The standard InChI is InChI=1S/C21H27NO5/c1-14(9-16-4-2-3-15(10-16)5-8-21(26)27)22-12-20(25)17-6-7-19(24)18(11-17)13-23/h2-4,6-7,10-11,14,20,22-25H,5,8-9,12-13H2,1H3,(H,26,27)/t14-,20-/m1/s1. The molecule has 27 heavy (non-hydrogen) atoms. The van der Waals surface area contributed by atoms with Gasteiger partial charge in [-0.1, -0.05) is 30.3 Å². The summed E-state index contributed by atoms with van der Waals surface area (Å²) in [5.74, 6) is -0.791. The van der Waals surface area contributed by atoms with Crippen molar-refractivity contribution in [2.45, 2.75) is 44.9 Å². The van der Waals surface area contributed by atoms with E-state index in [2.05, 4.69) is 5.32 Å². The van der Waals surface area contributed by atoms with Crippen molar-refractivity contribution in [3.63, 3.8) is 0 Å². The fraction of sp³-hybridized carbons (Fsp3) is 0.381. The van der Waals surface area contributed by atoms with Crippen LogP contribution in [-0.2, 0) is 24.2 Å². The Morgan fingerprint density at radius 1 is 1.15 bits per heavy atom. The zero-order chi connectivity index (χ0) is 19.8. The fourth-order valence-electron chi connectivity index (χ4n) is 2.96. The summed E-state index contributed by atoms with van der Waals surface area (Å²) >= 11 is 0. The fourth-order valence-corrected chi connectivity index (χ4v) is 2.96. The number of aliphatic hydroxyl groups excluding tert-OH is 2. The third-order valence-corrected chi connectivity index (χ3v) is 4.48. The molecule has 2 aromatic carbocycles. The van der Waals surface area contributed by atoms with E-state index in [1.165, 1.54) is 6.07 Å². The number of carboxylic acids is 1. The smallest absolute Gasteiger partial charge is 0.303 e. The summed E-state index contributed by atoms with van der Waals surface area (Å²) in [6.07, 6.45) is 0.634. The maximum absolute atomic E-state index is 10.7. The minimum Gasteiger partial charge on any atom is -0.508 e. The molecule has 2 rings (SSSR count). The number of aryl methyl sites for hydroxylation is 1. The van der Waals surface area contributed by atoms with Crippen LogP contribution in [0.3, 0.4) is 0 Å². The molecule has 0 heterocycles. The van der Waals surface area contributed by atoms with Crippen LogP contribution in [0.5, 0.6) is 5.75 Å². The van der Waals surface area contributed by atoms with Gasteiger partial charge in [0, 0.05) is 24.6 Å². The highest BCUT2D eigenvalue weighted by atomic mass is 16.4. The zero-order valence-corrected chi connectivity index (χ0v) is 15.4. The first-order chi connectivity index (χ1) is 12.9. The van der Waals surface area contributed by atoms with Gasteiger partial charge in [-0.15, -0.1) is 0 Å². The highest BCUT2D eigenvalue weighted by Gasteiger charge is 2.12. The molecule has 146 valence electrons. The van der Waals surface area contributed by atoms with Crippen molar-refractivity contribution < 1.29 is 25.2 Å². The molecular formula is C21H27NO5. The third kappa shape index (κ3) is 6.67. The molecule has 2 atom stereocenters. The summed E-state index contributed by atoms with van der Waals surface area (Å²) in [6, 6.07) is 12.7. The predicted molar refractivity (Wildman–Crippen MR) is 103 cm³/mol. The van der Waals surface area contributed by atoms with Crippen molar-refractivity contribution >= 4 is 5.97 Å². The second-order valence-corrected chi connectivity index (χ2v) is 6.79. The number of nitrogens with one attached hydrogen (secondary N) is 1. The van der Waals surface area contributed by atoms with Gasteiger partial charge in [0.25, 0.3) is 0 Å². The minimum absolute atomic E-state index is 0.0116. The van der Waals surface area contributed by atoms with Gasteiger partial charge in [0.05, 0.1) is 12.7 Å².